The molecule has 1 aromatic rings. The van der Waals surface area contributed by atoms with Crippen LogP contribution in [-0.2, 0) is 20.8 Å². The van der Waals surface area contributed by atoms with Gasteiger partial charge < -0.3 is 25.2 Å². The average Bonchev–Trinajstić information content (AvgIpc) is 2.90. The van der Waals surface area contributed by atoms with Gasteiger partial charge in [0.05, 0.1) is 36.2 Å². The van der Waals surface area contributed by atoms with Gasteiger partial charge in [-0.15, -0.1) is 0 Å². The van der Waals surface area contributed by atoms with Crippen LogP contribution in [-0.4, -0.2) is 47.0 Å². The molecule has 7 nitrogen and oxygen atoms in total. The summed E-state index contributed by atoms with van der Waals surface area (Å²) in [6.45, 7) is 1.53. The third kappa shape index (κ3) is 3.44. The van der Waals surface area contributed by atoms with Crippen LogP contribution in [0.3, 0.4) is 0 Å². The van der Waals surface area contributed by atoms with Gasteiger partial charge in [0, 0.05) is 7.05 Å². The molecule has 1 saturated heterocycles. The third-order valence-electron chi connectivity index (χ3n) is 4.87. The summed E-state index contributed by atoms with van der Waals surface area (Å²) in [6, 6.07) is 6.65. The minimum atomic E-state index is -1.40. The molecule has 0 unspecified atom stereocenters. The van der Waals surface area contributed by atoms with Crippen LogP contribution < -0.4 is 40.0 Å². The van der Waals surface area contributed by atoms with Crippen molar-refractivity contribution in [1.82, 2.24) is 10.2 Å². The van der Waals surface area contributed by atoms with Crippen molar-refractivity contribution in [3.63, 3.8) is 0 Å². The number of β-lactam (4-membered cyclic amide) rings is 1. The van der Waals surface area contributed by atoms with E-state index in [1.165, 1.54) is 11.8 Å². The molecule has 0 radical (unpaired) electrons. The number of hydrogen-bond donors (Lipinski definition) is 2. The summed E-state index contributed by atoms with van der Waals surface area (Å²) in [4.78, 5) is 36.4. The van der Waals surface area contributed by atoms with Crippen molar-refractivity contribution in [2.24, 2.45) is 5.92 Å². The molecule has 1 fully saturated rings. The zero-order valence-electron chi connectivity index (χ0n) is 15.0. The number of aliphatic hydroxyl groups is 1. The van der Waals surface area contributed by atoms with Gasteiger partial charge in [-0.1, -0.05) is 24.3 Å². The summed E-state index contributed by atoms with van der Waals surface area (Å²) in [5.41, 5.74) is 1.88. The van der Waals surface area contributed by atoms with Gasteiger partial charge >= 0.3 is 29.6 Å². The Morgan fingerprint density at radius 2 is 1.96 bits per heavy atom. The fraction of sp³-hybridized carbons (Fsp3) is 0.389. The van der Waals surface area contributed by atoms with Crippen LogP contribution in [0.2, 0.25) is 0 Å². The van der Waals surface area contributed by atoms with Crippen LogP contribution in [0.5, 0.6) is 0 Å². The van der Waals surface area contributed by atoms with Crippen LogP contribution in [0.15, 0.2) is 30.0 Å². The summed E-state index contributed by atoms with van der Waals surface area (Å²) >= 11 is 0. The van der Waals surface area contributed by atoms with Crippen molar-refractivity contribution < 1.29 is 54.2 Å². The van der Waals surface area contributed by atoms with E-state index in [2.05, 4.69) is 5.32 Å². The molecule has 1 aromatic carbocycles. The summed E-state index contributed by atoms with van der Waals surface area (Å²) in [7, 11) is 1.56. The van der Waals surface area contributed by atoms with Crippen molar-refractivity contribution >= 4 is 23.4 Å². The van der Waals surface area contributed by atoms with E-state index in [0.717, 1.165) is 5.56 Å². The number of rotatable bonds is 5. The zero-order chi connectivity index (χ0) is 18.3. The van der Waals surface area contributed by atoms with E-state index in [1.807, 2.05) is 0 Å². The number of carboxylic acid groups (broad SMARTS) is 1. The monoisotopic (exact) mass is 366 g/mol. The molecule has 2 aliphatic heterocycles. The first-order valence-electron chi connectivity index (χ1n) is 8.10. The summed E-state index contributed by atoms with van der Waals surface area (Å²) in [5.74, 6) is -2.48. The Hall–Kier alpha value is -1.67. The Morgan fingerprint density at radius 3 is 2.46 bits per heavy atom. The number of fused-ring (bicyclic) bond motifs is 1. The molecule has 8 heteroatoms. The van der Waals surface area contributed by atoms with Crippen LogP contribution in [0.25, 0.3) is 5.57 Å². The SMILES string of the molecule is CNC(=O)Cc1ccc(C2=C(C(=O)[O-])N3C(=O)[C@H]([C@@H](C)O)[C@H]3C2)cc1.[Na+]. The molecule has 0 aliphatic carbocycles. The fourth-order valence-electron chi connectivity index (χ4n) is 3.61. The normalized spacial score (nSPS) is 22.3. The van der Waals surface area contributed by atoms with Crippen LogP contribution >= 0.6 is 0 Å². The number of nitrogens with zero attached hydrogens (tertiary/aromatic N) is 1. The Bertz CT molecular complexity index is 772. The summed E-state index contributed by atoms with van der Waals surface area (Å²) < 4.78 is 0. The van der Waals surface area contributed by atoms with Crippen LogP contribution in [0, 0.1) is 5.92 Å². The molecular formula is C18H19N2NaO5. The maximum Gasteiger partial charge on any atom is 1.00 e. The summed E-state index contributed by atoms with van der Waals surface area (Å²) in [5, 5.41) is 23.9. The van der Waals surface area contributed by atoms with E-state index in [-0.39, 0.29) is 59.5 Å². The third-order valence-corrected chi connectivity index (χ3v) is 4.87. The largest absolute Gasteiger partial charge is 1.00 e. The van der Waals surface area contributed by atoms with Crippen molar-refractivity contribution in [3.8, 4) is 0 Å². The molecule has 3 atom stereocenters. The molecule has 2 amide bonds. The quantitative estimate of drug-likeness (QED) is 0.408. The molecule has 0 spiro atoms. The standard InChI is InChI=1S/C18H20N2O5.Na/c1-9(21)15-13-8-12(16(18(24)25)20(13)17(15)23)11-5-3-10(4-6-11)7-14(22)19-2;/h3-6,9,13,15,21H,7-8H2,1-2H3,(H,19,22)(H,24,25);/q;+1/p-1/t9-,13-,15-;/m1./s1. The van der Waals surface area contributed by atoms with Gasteiger partial charge in [-0.2, -0.15) is 0 Å². The van der Waals surface area contributed by atoms with Crippen molar-refractivity contribution in [2.45, 2.75) is 31.9 Å². The Kier molecular flexibility index (Phi) is 6.29. The number of nitrogens with one attached hydrogen (secondary N) is 1. The average molecular weight is 366 g/mol. The Balaban J connectivity index is 0.00000243. The molecule has 0 aromatic heterocycles. The van der Waals surface area contributed by atoms with Crippen molar-refractivity contribution in [2.75, 3.05) is 7.05 Å². The second-order valence-electron chi connectivity index (χ2n) is 6.41. The number of amides is 2. The second-order valence-corrected chi connectivity index (χ2v) is 6.41. The van der Waals surface area contributed by atoms with Gasteiger partial charge in [-0.3, -0.25) is 9.59 Å². The van der Waals surface area contributed by atoms with Crippen LogP contribution in [0.4, 0.5) is 0 Å². The minimum Gasteiger partial charge on any atom is -0.543 e. The van der Waals surface area contributed by atoms with Gasteiger partial charge in [-0.25, -0.2) is 0 Å². The maximum absolute atomic E-state index is 12.2. The predicted octanol–water partition coefficient (Wildman–Crippen LogP) is -3.95. The number of benzene rings is 1. The number of aliphatic carboxylic acids is 1. The van der Waals surface area contributed by atoms with Gasteiger partial charge in [-0.05, 0) is 30.0 Å². The minimum absolute atomic E-state index is 0. The fourth-order valence-corrected chi connectivity index (χ4v) is 3.61. The van der Waals surface area contributed by atoms with Crippen molar-refractivity contribution in [3.05, 3.63) is 41.1 Å². The van der Waals surface area contributed by atoms with Crippen molar-refractivity contribution in [1.29, 1.82) is 0 Å². The van der Waals surface area contributed by atoms with E-state index in [0.29, 0.717) is 17.6 Å². The van der Waals surface area contributed by atoms with Gasteiger partial charge in [0.15, 0.2) is 0 Å². The van der Waals surface area contributed by atoms with E-state index in [4.69, 9.17) is 0 Å². The second kappa shape index (κ2) is 7.92. The number of aliphatic hydroxyl groups excluding tert-OH is 1. The molecule has 0 saturated carbocycles. The molecule has 3 rings (SSSR count). The van der Waals surface area contributed by atoms with Gasteiger partial charge in [0.2, 0.25) is 11.8 Å². The molecule has 26 heavy (non-hydrogen) atoms. The zero-order valence-corrected chi connectivity index (χ0v) is 17.0. The smallest absolute Gasteiger partial charge is 0.543 e. The van der Waals surface area contributed by atoms with Crippen LogP contribution in [0.1, 0.15) is 24.5 Å². The topological polar surface area (TPSA) is 110 Å². The maximum atomic E-state index is 12.2. The first-order valence-corrected chi connectivity index (χ1v) is 8.10. The van der Waals surface area contributed by atoms with Gasteiger partial charge in [0.25, 0.3) is 0 Å². The molecule has 0 bridgehead atoms. The van der Waals surface area contributed by atoms with Gasteiger partial charge in [0.1, 0.15) is 0 Å². The predicted molar refractivity (Wildman–Crippen MR) is 86.6 cm³/mol. The molecule has 132 valence electrons. The molecular weight excluding hydrogens is 347 g/mol. The number of carboxylic acids is 1. The molecule has 2 N–H and O–H groups in total. The first-order chi connectivity index (χ1) is 11.8. The van der Waals surface area contributed by atoms with E-state index in [9.17, 15) is 24.6 Å². The number of carbonyl (C=O) groups is 3. The Labute approximate surface area is 173 Å². The van der Waals surface area contributed by atoms with E-state index in [1.54, 1.807) is 31.3 Å². The first kappa shape index (κ1) is 20.6. The Morgan fingerprint density at radius 1 is 1.35 bits per heavy atom. The number of hydrogen-bond acceptors (Lipinski definition) is 5. The number of carbonyl (C=O) groups excluding carboxylic acids is 3. The van der Waals surface area contributed by atoms with E-state index >= 15 is 0 Å². The van der Waals surface area contributed by atoms with E-state index < -0.39 is 18.0 Å². The molecule has 2 aliphatic rings. The summed E-state index contributed by atoms with van der Waals surface area (Å²) in [6.07, 6.45) is -0.231. The molecule has 2 heterocycles. The number of likely N-dealkylation sites (N-methyl/N-ethyl adjacent to an activating group) is 1.